The molecule has 0 saturated carbocycles. The van der Waals surface area contributed by atoms with E-state index in [2.05, 4.69) is 15.7 Å². The number of anilines is 1. The number of amides is 2. The van der Waals surface area contributed by atoms with E-state index in [1.807, 2.05) is 6.07 Å². The molecule has 1 aliphatic rings. The van der Waals surface area contributed by atoms with Gasteiger partial charge in [-0.25, -0.2) is 8.78 Å². The summed E-state index contributed by atoms with van der Waals surface area (Å²) in [6, 6.07) is 8.25. The SMILES string of the molecule is C[C@H](C#N)n1cc(-c2cc(NC(=O)c3cc(F)cc(C(F)(F)F)c3)c3c(c2)C(=O)N[C@@H]3c2cc(F)ccc2Cl)cn1. The van der Waals surface area contributed by atoms with Crippen LogP contribution in [0.3, 0.4) is 0 Å². The number of alkyl halides is 3. The molecule has 13 heteroatoms. The van der Waals surface area contributed by atoms with E-state index in [1.165, 1.54) is 35.3 Å². The van der Waals surface area contributed by atoms with Crippen molar-refractivity contribution in [1.29, 1.82) is 5.26 Å². The zero-order valence-electron chi connectivity index (χ0n) is 20.9. The molecule has 1 aromatic heterocycles. The van der Waals surface area contributed by atoms with Crippen molar-refractivity contribution in [3.05, 3.63) is 105 Å². The van der Waals surface area contributed by atoms with Gasteiger partial charge in [0.25, 0.3) is 11.8 Å². The van der Waals surface area contributed by atoms with E-state index in [4.69, 9.17) is 11.6 Å². The van der Waals surface area contributed by atoms with Gasteiger partial charge in [-0.2, -0.15) is 23.5 Å². The Morgan fingerprint density at radius 1 is 1.12 bits per heavy atom. The Labute approximate surface area is 234 Å². The lowest BCUT2D eigenvalue weighted by molar-refractivity contribution is -0.137. The molecule has 1 aliphatic heterocycles. The first-order valence-electron chi connectivity index (χ1n) is 11.9. The van der Waals surface area contributed by atoms with E-state index in [1.54, 1.807) is 6.92 Å². The first kappa shape index (κ1) is 27.8. The van der Waals surface area contributed by atoms with E-state index in [0.717, 1.165) is 12.1 Å². The Hall–Kier alpha value is -4.76. The second kappa shape index (κ2) is 10.3. The summed E-state index contributed by atoms with van der Waals surface area (Å²) in [6.45, 7) is 1.61. The molecular formula is C28H17ClF5N5O2. The van der Waals surface area contributed by atoms with Gasteiger partial charge in [0.05, 0.1) is 23.9 Å². The van der Waals surface area contributed by atoms with Gasteiger partial charge in [0.2, 0.25) is 0 Å². The van der Waals surface area contributed by atoms with E-state index in [9.17, 15) is 36.8 Å². The van der Waals surface area contributed by atoms with Crippen molar-refractivity contribution in [3.63, 3.8) is 0 Å². The standard InChI is InChI=1S/C28H17ClF5N5O2/c1-13(10-35)39-12-16(11-36-39)14-6-21-24(25(38-27(21)41)20-9-18(30)2-3-22(20)29)23(7-14)37-26(40)15-4-17(28(32,33)34)8-19(31)5-15/h2-9,11-13,25H,1H3,(H,37,40)(H,38,41)/t13-,25-/m1/s1. The highest BCUT2D eigenvalue weighted by Crippen LogP contribution is 2.42. The van der Waals surface area contributed by atoms with Gasteiger partial charge in [-0.05, 0) is 61.0 Å². The van der Waals surface area contributed by atoms with Crippen LogP contribution >= 0.6 is 11.6 Å². The summed E-state index contributed by atoms with van der Waals surface area (Å²) in [7, 11) is 0. The molecule has 0 unspecified atom stereocenters. The van der Waals surface area contributed by atoms with Crippen LogP contribution in [0.2, 0.25) is 5.02 Å². The van der Waals surface area contributed by atoms with Gasteiger partial charge in [0, 0.05) is 44.7 Å². The van der Waals surface area contributed by atoms with Crippen LogP contribution in [0.4, 0.5) is 27.6 Å². The quantitative estimate of drug-likeness (QED) is 0.256. The van der Waals surface area contributed by atoms with Crippen molar-refractivity contribution in [2.45, 2.75) is 25.2 Å². The highest BCUT2D eigenvalue weighted by atomic mass is 35.5. The number of carbonyl (C=O) groups is 2. The maximum absolute atomic E-state index is 14.2. The molecule has 0 saturated heterocycles. The van der Waals surface area contributed by atoms with Crippen molar-refractivity contribution in [3.8, 4) is 17.2 Å². The van der Waals surface area contributed by atoms with Crippen molar-refractivity contribution >= 4 is 29.1 Å². The smallest absolute Gasteiger partial charge is 0.341 e. The molecule has 5 rings (SSSR count). The van der Waals surface area contributed by atoms with Crippen LogP contribution in [0.5, 0.6) is 0 Å². The van der Waals surface area contributed by atoms with Crippen molar-refractivity contribution in [2.75, 3.05) is 5.32 Å². The summed E-state index contributed by atoms with van der Waals surface area (Å²) in [5.74, 6) is -3.60. The molecule has 4 aromatic rings. The number of nitriles is 1. The first-order valence-corrected chi connectivity index (χ1v) is 12.3. The largest absolute Gasteiger partial charge is 0.416 e. The molecule has 208 valence electrons. The van der Waals surface area contributed by atoms with Crippen LogP contribution in [0.1, 0.15) is 56.4 Å². The number of benzene rings is 3. The molecule has 2 atom stereocenters. The van der Waals surface area contributed by atoms with Crippen molar-refractivity contribution in [2.24, 2.45) is 0 Å². The fraction of sp³-hybridized carbons (Fsp3) is 0.143. The molecule has 0 spiro atoms. The third-order valence-corrected chi connectivity index (χ3v) is 6.86. The average molecular weight is 586 g/mol. The number of nitrogens with one attached hydrogen (secondary N) is 2. The van der Waals surface area contributed by atoms with Crippen molar-refractivity contribution < 1.29 is 31.5 Å². The van der Waals surface area contributed by atoms with Crippen LogP contribution in [-0.4, -0.2) is 21.6 Å². The number of hydrogen-bond acceptors (Lipinski definition) is 4. The molecule has 2 amide bonds. The summed E-state index contributed by atoms with van der Waals surface area (Å²) >= 11 is 6.30. The van der Waals surface area contributed by atoms with Gasteiger partial charge in [-0.3, -0.25) is 14.3 Å². The minimum absolute atomic E-state index is 0.0231. The van der Waals surface area contributed by atoms with Crippen LogP contribution in [0, 0.1) is 23.0 Å². The summed E-state index contributed by atoms with van der Waals surface area (Å²) in [4.78, 5) is 26.3. The molecular weight excluding hydrogens is 569 g/mol. The molecule has 0 bridgehead atoms. The predicted octanol–water partition coefficient (Wildman–Crippen LogP) is 6.67. The minimum atomic E-state index is -4.91. The maximum Gasteiger partial charge on any atom is 0.416 e. The molecule has 3 aromatic carbocycles. The van der Waals surface area contributed by atoms with Crippen LogP contribution in [0.25, 0.3) is 11.1 Å². The van der Waals surface area contributed by atoms with E-state index in [-0.39, 0.29) is 33.5 Å². The Bertz CT molecular complexity index is 1760. The Kier molecular flexibility index (Phi) is 7.00. The van der Waals surface area contributed by atoms with E-state index in [0.29, 0.717) is 23.3 Å². The van der Waals surface area contributed by atoms with Gasteiger partial charge in [-0.15, -0.1) is 0 Å². The topological polar surface area (TPSA) is 99.8 Å². The summed E-state index contributed by atoms with van der Waals surface area (Å²) in [5.41, 5.74) is -0.772. The lowest BCUT2D eigenvalue weighted by Crippen LogP contribution is -2.21. The van der Waals surface area contributed by atoms with Crippen LogP contribution in [0.15, 0.2) is 60.9 Å². The minimum Gasteiger partial charge on any atom is -0.341 e. The molecule has 7 nitrogen and oxygen atoms in total. The summed E-state index contributed by atoms with van der Waals surface area (Å²) in [5, 5.41) is 18.6. The number of rotatable bonds is 5. The summed E-state index contributed by atoms with van der Waals surface area (Å²) < 4.78 is 69.4. The maximum atomic E-state index is 14.2. The van der Waals surface area contributed by atoms with Gasteiger partial charge in [0.15, 0.2) is 0 Å². The molecule has 2 N–H and O–H groups in total. The number of nitrogens with zero attached hydrogens (tertiary/aromatic N) is 3. The normalized spacial score (nSPS) is 15.2. The Morgan fingerprint density at radius 3 is 2.59 bits per heavy atom. The van der Waals surface area contributed by atoms with Gasteiger partial charge >= 0.3 is 6.18 Å². The number of fused-ring (bicyclic) bond motifs is 1. The molecule has 2 heterocycles. The predicted molar refractivity (Wildman–Crippen MR) is 138 cm³/mol. The number of aromatic nitrogens is 2. The third kappa shape index (κ3) is 5.36. The second-order valence-corrected chi connectivity index (χ2v) is 9.66. The zero-order chi connectivity index (χ0) is 29.6. The number of hydrogen-bond donors (Lipinski definition) is 2. The Morgan fingerprint density at radius 2 is 1.88 bits per heavy atom. The molecule has 0 fully saturated rings. The van der Waals surface area contributed by atoms with Crippen LogP contribution < -0.4 is 10.6 Å². The van der Waals surface area contributed by atoms with E-state index < -0.39 is 52.8 Å². The monoisotopic (exact) mass is 585 g/mol. The molecule has 0 aliphatic carbocycles. The molecule has 41 heavy (non-hydrogen) atoms. The average Bonchev–Trinajstić information content (AvgIpc) is 3.54. The zero-order valence-corrected chi connectivity index (χ0v) is 21.6. The first-order chi connectivity index (χ1) is 19.3. The lowest BCUT2D eigenvalue weighted by Gasteiger charge is -2.19. The Balaban J connectivity index is 1.66. The van der Waals surface area contributed by atoms with Gasteiger partial charge < -0.3 is 10.6 Å². The van der Waals surface area contributed by atoms with Gasteiger partial charge in [0.1, 0.15) is 17.7 Å². The third-order valence-electron chi connectivity index (χ3n) is 6.51. The second-order valence-electron chi connectivity index (χ2n) is 9.25. The fourth-order valence-electron chi connectivity index (χ4n) is 4.51. The highest BCUT2D eigenvalue weighted by molar-refractivity contribution is 6.31. The summed E-state index contributed by atoms with van der Waals surface area (Å²) in [6.07, 6.45) is -1.94. The van der Waals surface area contributed by atoms with E-state index >= 15 is 0 Å². The lowest BCUT2D eigenvalue weighted by atomic mass is 9.93. The van der Waals surface area contributed by atoms with Gasteiger partial charge in [-0.1, -0.05) is 11.6 Å². The fourth-order valence-corrected chi connectivity index (χ4v) is 4.74. The number of halogens is 6. The molecule has 0 radical (unpaired) electrons. The van der Waals surface area contributed by atoms with Crippen LogP contribution in [-0.2, 0) is 6.18 Å². The van der Waals surface area contributed by atoms with Crippen molar-refractivity contribution in [1.82, 2.24) is 15.1 Å². The number of carbonyl (C=O) groups excluding carboxylic acids is 2. The highest BCUT2D eigenvalue weighted by Gasteiger charge is 2.36.